The van der Waals surface area contributed by atoms with E-state index in [0.717, 1.165) is 38.6 Å². The predicted molar refractivity (Wildman–Crippen MR) is 62.0 cm³/mol. The van der Waals surface area contributed by atoms with Crippen LogP contribution in [0.4, 0.5) is 0 Å². The van der Waals surface area contributed by atoms with E-state index in [-0.39, 0.29) is 24.7 Å². The van der Waals surface area contributed by atoms with Gasteiger partial charge in [0.2, 0.25) is 5.91 Å². The average Bonchev–Trinajstić information content (AvgIpc) is 3.01. The molecule has 2 atom stereocenters. The van der Waals surface area contributed by atoms with Gasteiger partial charge in [0.1, 0.15) is 6.61 Å². The molecule has 92 valence electrons. The van der Waals surface area contributed by atoms with Crippen LogP contribution in [0.5, 0.6) is 0 Å². The Bertz CT molecular complexity index is 253. The van der Waals surface area contributed by atoms with Gasteiger partial charge in [-0.25, -0.2) is 0 Å². The fourth-order valence-corrected chi connectivity index (χ4v) is 2.45. The molecule has 2 N–H and O–H groups in total. The van der Waals surface area contributed by atoms with E-state index >= 15 is 0 Å². The number of carbonyl (C=O) groups excluding carboxylic acids is 1. The number of nitrogens with two attached hydrogens (primary N) is 1. The Morgan fingerprint density at radius 2 is 2.12 bits per heavy atom. The van der Waals surface area contributed by atoms with Crippen LogP contribution >= 0.6 is 0 Å². The number of nitrogens with zero attached hydrogens (tertiary/aromatic N) is 1. The Morgan fingerprint density at radius 3 is 2.62 bits per heavy atom. The number of rotatable bonds is 5. The number of likely N-dealkylation sites (N-methyl/N-ethyl adjacent to an activating group) is 1. The highest BCUT2D eigenvalue weighted by Gasteiger charge is 2.32. The fraction of sp³-hybridized carbons (Fsp3) is 0.917. The molecule has 4 nitrogen and oxygen atoms in total. The largest absolute Gasteiger partial charge is 0.367 e. The third-order valence-corrected chi connectivity index (χ3v) is 3.57. The molecular formula is C12H22N2O2. The molecule has 2 saturated carbocycles. The van der Waals surface area contributed by atoms with Crippen LogP contribution in [-0.4, -0.2) is 42.1 Å². The molecular weight excluding hydrogens is 204 g/mol. The SMILES string of the molecule is CCN(C(=O)COC1CCCC1N)C1CC1. The van der Waals surface area contributed by atoms with Crippen molar-refractivity contribution in [2.45, 2.75) is 57.2 Å². The fourth-order valence-electron chi connectivity index (χ4n) is 2.45. The molecule has 1 amide bonds. The molecule has 0 aromatic heterocycles. The van der Waals surface area contributed by atoms with Gasteiger partial charge in [-0.1, -0.05) is 0 Å². The quantitative estimate of drug-likeness (QED) is 0.757. The van der Waals surface area contributed by atoms with Gasteiger partial charge >= 0.3 is 0 Å². The van der Waals surface area contributed by atoms with Gasteiger partial charge in [-0.15, -0.1) is 0 Å². The minimum atomic E-state index is 0.0989. The highest BCUT2D eigenvalue weighted by Crippen LogP contribution is 2.27. The maximum atomic E-state index is 11.9. The summed E-state index contributed by atoms with van der Waals surface area (Å²) >= 11 is 0. The maximum Gasteiger partial charge on any atom is 0.248 e. The molecule has 16 heavy (non-hydrogen) atoms. The van der Waals surface area contributed by atoms with Gasteiger partial charge in [0.25, 0.3) is 0 Å². The number of ether oxygens (including phenoxy) is 1. The third kappa shape index (κ3) is 2.74. The van der Waals surface area contributed by atoms with Gasteiger partial charge in [0.05, 0.1) is 6.10 Å². The van der Waals surface area contributed by atoms with Gasteiger partial charge < -0.3 is 15.4 Å². The van der Waals surface area contributed by atoms with Crippen molar-refractivity contribution in [1.82, 2.24) is 4.90 Å². The summed E-state index contributed by atoms with van der Waals surface area (Å²) in [5, 5.41) is 0. The van der Waals surface area contributed by atoms with Crippen LogP contribution in [0.3, 0.4) is 0 Å². The zero-order chi connectivity index (χ0) is 11.5. The van der Waals surface area contributed by atoms with Crippen molar-refractivity contribution in [1.29, 1.82) is 0 Å². The van der Waals surface area contributed by atoms with Gasteiger partial charge in [0.15, 0.2) is 0 Å². The van der Waals surface area contributed by atoms with Crippen LogP contribution in [0, 0.1) is 0 Å². The number of hydrogen-bond donors (Lipinski definition) is 1. The second-order valence-electron chi connectivity index (χ2n) is 4.86. The van der Waals surface area contributed by atoms with Gasteiger partial charge in [-0.05, 0) is 39.0 Å². The molecule has 0 spiro atoms. The molecule has 2 fully saturated rings. The van der Waals surface area contributed by atoms with Crippen LogP contribution in [0.25, 0.3) is 0 Å². The summed E-state index contributed by atoms with van der Waals surface area (Å²) in [5.41, 5.74) is 5.90. The number of carbonyl (C=O) groups is 1. The van der Waals surface area contributed by atoms with E-state index in [9.17, 15) is 4.79 Å². The lowest BCUT2D eigenvalue weighted by Crippen LogP contribution is -2.39. The van der Waals surface area contributed by atoms with Gasteiger partial charge in [0, 0.05) is 18.6 Å². The van der Waals surface area contributed by atoms with Gasteiger partial charge in [-0.2, -0.15) is 0 Å². The molecule has 0 aromatic rings. The number of amides is 1. The molecule has 2 rings (SSSR count). The Balaban J connectivity index is 1.73. The predicted octanol–water partition coefficient (Wildman–Crippen LogP) is 0.894. The van der Waals surface area contributed by atoms with Crippen molar-refractivity contribution in [2.24, 2.45) is 5.73 Å². The van der Waals surface area contributed by atoms with Crippen molar-refractivity contribution in [3.8, 4) is 0 Å². The summed E-state index contributed by atoms with van der Waals surface area (Å²) in [6, 6.07) is 0.613. The highest BCUT2D eigenvalue weighted by atomic mass is 16.5. The average molecular weight is 226 g/mol. The Morgan fingerprint density at radius 1 is 1.38 bits per heavy atom. The zero-order valence-electron chi connectivity index (χ0n) is 10.0. The summed E-state index contributed by atoms with van der Waals surface area (Å²) in [4.78, 5) is 13.8. The van der Waals surface area contributed by atoms with Crippen LogP contribution in [-0.2, 0) is 9.53 Å². The molecule has 4 heteroatoms. The summed E-state index contributed by atoms with van der Waals surface area (Å²) < 4.78 is 5.62. The standard InChI is InChI=1S/C12H22N2O2/c1-2-14(9-6-7-9)12(15)8-16-11-5-3-4-10(11)13/h9-11H,2-8,13H2,1H3. The summed E-state index contributed by atoms with van der Waals surface area (Å²) in [6.45, 7) is 3.03. The topological polar surface area (TPSA) is 55.6 Å². The Hall–Kier alpha value is -0.610. The smallest absolute Gasteiger partial charge is 0.248 e. The monoisotopic (exact) mass is 226 g/mol. The number of hydrogen-bond acceptors (Lipinski definition) is 3. The molecule has 0 radical (unpaired) electrons. The molecule has 0 bridgehead atoms. The zero-order valence-corrected chi connectivity index (χ0v) is 10.0. The maximum absolute atomic E-state index is 11.9. The third-order valence-electron chi connectivity index (χ3n) is 3.57. The molecule has 0 aromatic carbocycles. The van der Waals surface area contributed by atoms with E-state index in [0.29, 0.717) is 6.04 Å². The first-order valence-electron chi connectivity index (χ1n) is 6.39. The van der Waals surface area contributed by atoms with Crippen LogP contribution in [0.15, 0.2) is 0 Å². The highest BCUT2D eigenvalue weighted by molar-refractivity contribution is 5.78. The lowest BCUT2D eigenvalue weighted by Gasteiger charge is -2.22. The first-order chi connectivity index (χ1) is 7.72. The summed E-state index contributed by atoms with van der Waals surface area (Å²) in [6.07, 6.45) is 5.57. The molecule has 2 aliphatic carbocycles. The lowest BCUT2D eigenvalue weighted by molar-refractivity contribution is -0.138. The van der Waals surface area contributed by atoms with Crippen LogP contribution in [0.1, 0.15) is 39.0 Å². The summed E-state index contributed by atoms with van der Waals surface area (Å²) in [5.74, 6) is 0.129. The first kappa shape index (κ1) is 11.9. The van der Waals surface area contributed by atoms with E-state index in [1.54, 1.807) is 0 Å². The van der Waals surface area contributed by atoms with E-state index in [2.05, 4.69) is 0 Å². The van der Waals surface area contributed by atoms with Crippen molar-refractivity contribution in [3.05, 3.63) is 0 Å². The molecule has 2 unspecified atom stereocenters. The van der Waals surface area contributed by atoms with Gasteiger partial charge in [-0.3, -0.25) is 4.79 Å². The normalized spacial score (nSPS) is 29.4. The first-order valence-corrected chi connectivity index (χ1v) is 6.39. The van der Waals surface area contributed by atoms with Crippen molar-refractivity contribution in [2.75, 3.05) is 13.2 Å². The molecule has 0 aliphatic heterocycles. The molecule has 0 heterocycles. The van der Waals surface area contributed by atoms with E-state index in [1.165, 1.54) is 0 Å². The molecule has 0 saturated heterocycles. The van der Waals surface area contributed by atoms with Crippen molar-refractivity contribution in [3.63, 3.8) is 0 Å². The Kier molecular flexibility index (Phi) is 3.82. The summed E-state index contributed by atoms with van der Waals surface area (Å²) in [7, 11) is 0. The minimum Gasteiger partial charge on any atom is -0.367 e. The van der Waals surface area contributed by atoms with E-state index < -0.39 is 0 Å². The second kappa shape index (κ2) is 5.15. The van der Waals surface area contributed by atoms with E-state index in [4.69, 9.17) is 10.5 Å². The second-order valence-corrected chi connectivity index (χ2v) is 4.86. The minimum absolute atomic E-state index is 0.0989. The van der Waals surface area contributed by atoms with Crippen LogP contribution < -0.4 is 5.73 Å². The van der Waals surface area contributed by atoms with Crippen LogP contribution in [0.2, 0.25) is 0 Å². The van der Waals surface area contributed by atoms with E-state index in [1.807, 2.05) is 11.8 Å². The lowest BCUT2D eigenvalue weighted by atomic mass is 10.2. The van der Waals surface area contributed by atoms with Crippen molar-refractivity contribution < 1.29 is 9.53 Å². The Labute approximate surface area is 97.1 Å². The van der Waals surface area contributed by atoms with Crippen molar-refractivity contribution >= 4 is 5.91 Å². The molecule has 2 aliphatic rings.